The van der Waals surface area contributed by atoms with E-state index in [1.807, 2.05) is 4.90 Å². The number of nitrogens with zero attached hydrogens (tertiary/aromatic N) is 2. The number of likely N-dealkylation sites (tertiary alicyclic amines) is 1. The van der Waals surface area contributed by atoms with Gasteiger partial charge in [-0.25, -0.2) is 4.79 Å². The average molecular weight is 284 g/mol. The van der Waals surface area contributed by atoms with Crippen LogP contribution in [-0.2, 0) is 4.79 Å². The van der Waals surface area contributed by atoms with Crippen molar-refractivity contribution in [2.75, 3.05) is 26.2 Å². The molecular formula is C14H24N2O4. The van der Waals surface area contributed by atoms with Crippen LogP contribution in [0.4, 0.5) is 4.79 Å². The summed E-state index contributed by atoms with van der Waals surface area (Å²) in [5.41, 5.74) is -0.822. The Labute approximate surface area is 119 Å². The summed E-state index contributed by atoms with van der Waals surface area (Å²) in [6.45, 7) is 3.11. The van der Waals surface area contributed by atoms with Gasteiger partial charge in [-0.1, -0.05) is 0 Å². The molecule has 1 heterocycles. The molecule has 0 spiro atoms. The van der Waals surface area contributed by atoms with Gasteiger partial charge in [-0.2, -0.15) is 0 Å². The van der Waals surface area contributed by atoms with Crippen molar-refractivity contribution >= 4 is 12.0 Å². The fourth-order valence-corrected chi connectivity index (χ4v) is 2.85. The second kappa shape index (κ2) is 5.99. The van der Waals surface area contributed by atoms with Crippen molar-refractivity contribution in [2.45, 2.75) is 45.1 Å². The highest BCUT2D eigenvalue weighted by atomic mass is 16.4. The zero-order valence-electron chi connectivity index (χ0n) is 12.0. The van der Waals surface area contributed by atoms with Crippen molar-refractivity contribution < 1.29 is 19.8 Å². The third-order valence-electron chi connectivity index (χ3n) is 4.58. The monoisotopic (exact) mass is 284 g/mol. The molecule has 0 aromatic carbocycles. The van der Waals surface area contributed by atoms with Gasteiger partial charge in [0.05, 0.1) is 5.41 Å². The Bertz CT molecular complexity index is 383. The van der Waals surface area contributed by atoms with Crippen LogP contribution in [0.25, 0.3) is 0 Å². The molecule has 20 heavy (non-hydrogen) atoms. The lowest BCUT2D eigenvalue weighted by Crippen LogP contribution is -2.51. The molecule has 1 aliphatic heterocycles. The number of aliphatic hydroxyl groups is 1. The van der Waals surface area contributed by atoms with Gasteiger partial charge in [0.1, 0.15) is 0 Å². The summed E-state index contributed by atoms with van der Waals surface area (Å²) in [4.78, 5) is 27.3. The van der Waals surface area contributed by atoms with Gasteiger partial charge >= 0.3 is 12.0 Å². The summed E-state index contributed by atoms with van der Waals surface area (Å²) >= 11 is 0. The van der Waals surface area contributed by atoms with Crippen LogP contribution in [0.1, 0.15) is 39.0 Å². The van der Waals surface area contributed by atoms with E-state index >= 15 is 0 Å². The Morgan fingerprint density at radius 2 is 2.10 bits per heavy atom. The van der Waals surface area contributed by atoms with Gasteiger partial charge in [-0.05, 0) is 39.0 Å². The SMILES string of the molecule is CC1(C(=O)O)CCN(C(=O)N(CCCO)C2CCC2)C1. The normalized spacial score (nSPS) is 26.4. The Morgan fingerprint density at radius 3 is 2.55 bits per heavy atom. The minimum absolute atomic E-state index is 0.0619. The van der Waals surface area contributed by atoms with Gasteiger partial charge in [0.15, 0.2) is 0 Å². The highest BCUT2D eigenvalue weighted by molar-refractivity contribution is 5.79. The molecule has 114 valence electrons. The van der Waals surface area contributed by atoms with Crippen LogP contribution in [0, 0.1) is 5.41 Å². The van der Waals surface area contributed by atoms with Crippen molar-refractivity contribution in [1.29, 1.82) is 0 Å². The largest absolute Gasteiger partial charge is 0.481 e. The summed E-state index contributed by atoms with van der Waals surface area (Å²) in [5, 5.41) is 18.2. The predicted octanol–water partition coefficient (Wildman–Crippen LogP) is 1.14. The summed E-state index contributed by atoms with van der Waals surface area (Å²) in [6.07, 6.45) is 4.25. The molecule has 6 heteroatoms. The lowest BCUT2D eigenvalue weighted by Gasteiger charge is -2.39. The van der Waals surface area contributed by atoms with Gasteiger partial charge in [0.2, 0.25) is 0 Å². The van der Waals surface area contributed by atoms with Gasteiger partial charge in [-0.15, -0.1) is 0 Å². The van der Waals surface area contributed by atoms with Crippen LogP contribution in [0.3, 0.4) is 0 Å². The topological polar surface area (TPSA) is 81.1 Å². The molecule has 1 saturated heterocycles. The number of urea groups is 1. The van der Waals surface area contributed by atoms with Crippen molar-refractivity contribution in [3.8, 4) is 0 Å². The predicted molar refractivity (Wildman–Crippen MR) is 73.4 cm³/mol. The van der Waals surface area contributed by atoms with Crippen molar-refractivity contribution in [3.05, 3.63) is 0 Å². The van der Waals surface area contributed by atoms with E-state index in [9.17, 15) is 14.7 Å². The number of hydrogen-bond donors (Lipinski definition) is 2. The first-order chi connectivity index (χ1) is 9.48. The number of hydrogen-bond acceptors (Lipinski definition) is 3. The van der Waals surface area contributed by atoms with E-state index in [1.54, 1.807) is 11.8 Å². The van der Waals surface area contributed by atoms with E-state index in [-0.39, 0.29) is 25.2 Å². The molecule has 2 fully saturated rings. The first-order valence-electron chi connectivity index (χ1n) is 7.38. The number of carboxylic acid groups (broad SMARTS) is 1. The molecule has 0 aromatic heterocycles. The number of carbonyl (C=O) groups is 2. The molecule has 1 unspecified atom stereocenters. The molecule has 2 N–H and O–H groups in total. The molecule has 1 saturated carbocycles. The van der Waals surface area contributed by atoms with Gasteiger partial charge in [0, 0.05) is 32.3 Å². The summed E-state index contributed by atoms with van der Waals surface area (Å²) in [5.74, 6) is -0.835. The second-order valence-corrected chi connectivity index (χ2v) is 6.18. The molecule has 0 bridgehead atoms. The quantitative estimate of drug-likeness (QED) is 0.793. The van der Waals surface area contributed by atoms with E-state index < -0.39 is 11.4 Å². The lowest BCUT2D eigenvalue weighted by atomic mass is 9.90. The number of aliphatic carboxylic acids is 1. The number of amides is 2. The van der Waals surface area contributed by atoms with Crippen LogP contribution in [-0.4, -0.2) is 64.3 Å². The third kappa shape index (κ3) is 2.90. The van der Waals surface area contributed by atoms with Crippen LogP contribution in [0.15, 0.2) is 0 Å². The summed E-state index contributed by atoms with van der Waals surface area (Å²) in [7, 11) is 0. The van der Waals surface area contributed by atoms with Crippen molar-refractivity contribution in [1.82, 2.24) is 9.80 Å². The van der Waals surface area contributed by atoms with Crippen LogP contribution in [0.5, 0.6) is 0 Å². The van der Waals surface area contributed by atoms with Crippen molar-refractivity contribution in [2.24, 2.45) is 5.41 Å². The van der Waals surface area contributed by atoms with E-state index in [0.717, 1.165) is 19.3 Å². The lowest BCUT2D eigenvalue weighted by molar-refractivity contribution is -0.147. The van der Waals surface area contributed by atoms with Crippen LogP contribution < -0.4 is 0 Å². The Morgan fingerprint density at radius 1 is 1.40 bits per heavy atom. The van der Waals surface area contributed by atoms with E-state index in [1.165, 1.54) is 0 Å². The summed E-state index contributed by atoms with van der Waals surface area (Å²) < 4.78 is 0. The fraction of sp³-hybridized carbons (Fsp3) is 0.857. The maximum Gasteiger partial charge on any atom is 0.320 e. The Kier molecular flexibility index (Phi) is 4.52. The average Bonchev–Trinajstić information content (AvgIpc) is 2.75. The number of rotatable bonds is 5. The third-order valence-corrected chi connectivity index (χ3v) is 4.58. The standard InChI is InChI=1S/C14H24N2O4/c1-14(12(18)19)6-8-15(10-14)13(20)16(7-3-9-17)11-4-2-5-11/h11,17H,2-10H2,1H3,(H,18,19). The van der Waals surface area contributed by atoms with E-state index in [2.05, 4.69) is 0 Å². The van der Waals surface area contributed by atoms with Gasteiger partial charge < -0.3 is 20.0 Å². The van der Waals surface area contributed by atoms with Gasteiger partial charge in [0.25, 0.3) is 0 Å². The molecular weight excluding hydrogens is 260 g/mol. The molecule has 6 nitrogen and oxygen atoms in total. The van der Waals surface area contributed by atoms with E-state index in [4.69, 9.17) is 5.11 Å². The van der Waals surface area contributed by atoms with Crippen molar-refractivity contribution in [3.63, 3.8) is 0 Å². The number of aliphatic hydroxyl groups excluding tert-OH is 1. The molecule has 0 radical (unpaired) electrons. The molecule has 0 aromatic rings. The number of carboxylic acids is 1. The van der Waals surface area contributed by atoms with Gasteiger partial charge in [-0.3, -0.25) is 4.79 Å². The zero-order valence-corrected chi connectivity index (χ0v) is 12.0. The number of carbonyl (C=O) groups excluding carboxylic acids is 1. The first kappa shape index (κ1) is 15.1. The zero-order chi connectivity index (χ0) is 14.8. The van der Waals surface area contributed by atoms with E-state index in [0.29, 0.717) is 25.9 Å². The van der Waals surface area contributed by atoms with Crippen LogP contribution in [0.2, 0.25) is 0 Å². The minimum Gasteiger partial charge on any atom is -0.481 e. The molecule has 1 aliphatic carbocycles. The second-order valence-electron chi connectivity index (χ2n) is 6.18. The molecule has 2 amide bonds. The highest BCUT2D eigenvalue weighted by Crippen LogP contribution is 2.32. The minimum atomic E-state index is -0.835. The Hall–Kier alpha value is -1.30. The first-order valence-corrected chi connectivity index (χ1v) is 7.38. The molecule has 2 aliphatic rings. The Balaban J connectivity index is 1.99. The maximum absolute atomic E-state index is 12.6. The molecule has 1 atom stereocenters. The highest BCUT2D eigenvalue weighted by Gasteiger charge is 2.44. The maximum atomic E-state index is 12.6. The summed E-state index contributed by atoms with van der Waals surface area (Å²) in [6, 6.07) is 0.207. The smallest absolute Gasteiger partial charge is 0.320 e. The fourth-order valence-electron chi connectivity index (χ4n) is 2.85. The molecule has 2 rings (SSSR count). The van der Waals surface area contributed by atoms with Crippen LogP contribution >= 0.6 is 0 Å².